The Morgan fingerprint density at radius 3 is 2.79 bits per heavy atom. The summed E-state index contributed by atoms with van der Waals surface area (Å²) in [5, 5.41) is 7.47. The zero-order valence-corrected chi connectivity index (χ0v) is 16.7. The van der Waals surface area contributed by atoms with Crippen molar-refractivity contribution in [2.24, 2.45) is 5.92 Å². The van der Waals surface area contributed by atoms with Crippen LogP contribution in [0.25, 0.3) is 0 Å². The van der Waals surface area contributed by atoms with E-state index < -0.39 is 5.97 Å². The molecular weight excluding hydrogens is 388 g/mol. The van der Waals surface area contributed by atoms with E-state index in [1.54, 1.807) is 35.6 Å². The van der Waals surface area contributed by atoms with Gasteiger partial charge in [-0.05, 0) is 60.6 Å². The minimum absolute atomic E-state index is 0.0240. The van der Waals surface area contributed by atoms with E-state index in [2.05, 4.69) is 17.6 Å². The van der Waals surface area contributed by atoms with Gasteiger partial charge in [-0.2, -0.15) is 0 Å². The molecule has 0 spiro atoms. The summed E-state index contributed by atoms with van der Waals surface area (Å²) in [6.07, 6.45) is 4.25. The van der Waals surface area contributed by atoms with Gasteiger partial charge in [0.1, 0.15) is 16.9 Å². The molecule has 1 aliphatic heterocycles. The van der Waals surface area contributed by atoms with Gasteiger partial charge in [0.05, 0.1) is 11.8 Å². The fourth-order valence-electron chi connectivity index (χ4n) is 3.91. The molecule has 0 bridgehead atoms. The van der Waals surface area contributed by atoms with E-state index in [1.807, 2.05) is 12.1 Å². The van der Waals surface area contributed by atoms with E-state index in [0.29, 0.717) is 11.7 Å². The van der Waals surface area contributed by atoms with Crippen LogP contribution in [0.1, 0.15) is 56.4 Å². The third kappa shape index (κ3) is 3.31. The summed E-state index contributed by atoms with van der Waals surface area (Å²) >= 11 is 1.70. The second kappa shape index (κ2) is 7.08. The monoisotopic (exact) mass is 408 g/mol. The average Bonchev–Trinajstić information content (AvgIpc) is 3.36. The lowest BCUT2D eigenvalue weighted by Gasteiger charge is -2.27. The standard InChI is InChI=1S/C22H20N2O4S/c1-12-4-9-15-17(11-12)29-21-18(15)20(25)23-19(24-21)13-5-7-14(8-6-13)28-22(26)16-3-2-10-27-16/h2-3,5-8,10,12,19,24H,4,9,11H2,1H3,(H,23,25)/t12-,19-/m1/s1. The summed E-state index contributed by atoms with van der Waals surface area (Å²) in [5.74, 6) is 0.661. The molecule has 1 aromatic carbocycles. The van der Waals surface area contributed by atoms with Crippen molar-refractivity contribution in [2.45, 2.75) is 32.4 Å². The number of fused-ring (bicyclic) bond motifs is 3. The first kappa shape index (κ1) is 18.0. The van der Waals surface area contributed by atoms with Crippen molar-refractivity contribution in [1.29, 1.82) is 0 Å². The van der Waals surface area contributed by atoms with Gasteiger partial charge < -0.3 is 19.8 Å². The van der Waals surface area contributed by atoms with Crippen LogP contribution in [-0.4, -0.2) is 11.9 Å². The Kier molecular flexibility index (Phi) is 4.39. The zero-order valence-electron chi connectivity index (χ0n) is 15.9. The molecule has 0 radical (unpaired) electrons. The molecule has 148 valence electrons. The predicted molar refractivity (Wildman–Crippen MR) is 109 cm³/mol. The zero-order chi connectivity index (χ0) is 20.0. The largest absolute Gasteiger partial charge is 0.457 e. The molecule has 7 heteroatoms. The van der Waals surface area contributed by atoms with Crippen molar-refractivity contribution in [3.63, 3.8) is 0 Å². The van der Waals surface area contributed by atoms with E-state index in [9.17, 15) is 9.59 Å². The van der Waals surface area contributed by atoms with Crippen LogP contribution < -0.4 is 15.4 Å². The van der Waals surface area contributed by atoms with Gasteiger partial charge in [-0.3, -0.25) is 4.79 Å². The van der Waals surface area contributed by atoms with E-state index in [1.165, 1.54) is 16.7 Å². The number of ether oxygens (including phenoxy) is 1. The Bertz CT molecular complexity index is 1070. The lowest BCUT2D eigenvalue weighted by Crippen LogP contribution is -2.38. The van der Waals surface area contributed by atoms with E-state index in [4.69, 9.17) is 9.15 Å². The van der Waals surface area contributed by atoms with Gasteiger partial charge in [-0.25, -0.2) is 4.79 Å². The molecule has 0 saturated carbocycles. The number of carbonyl (C=O) groups excluding carboxylic acids is 2. The number of furan rings is 1. The molecule has 3 heterocycles. The van der Waals surface area contributed by atoms with Crippen molar-refractivity contribution in [3.05, 3.63) is 70.0 Å². The van der Waals surface area contributed by atoms with Gasteiger partial charge in [0.25, 0.3) is 5.91 Å². The first-order valence-electron chi connectivity index (χ1n) is 9.66. The number of thiophene rings is 1. The molecule has 5 rings (SSSR count). The molecule has 1 amide bonds. The van der Waals surface area contributed by atoms with E-state index in [-0.39, 0.29) is 17.8 Å². The van der Waals surface area contributed by atoms with Gasteiger partial charge in [0.15, 0.2) is 0 Å². The fourth-order valence-corrected chi connectivity index (χ4v) is 5.35. The summed E-state index contributed by atoms with van der Waals surface area (Å²) in [5.41, 5.74) is 2.92. The van der Waals surface area contributed by atoms with Crippen molar-refractivity contribution in [3.8, 4) is 5.75 Å². The molecule has 3 aromatic rings. The number of esters is 1. The molecule has 2 aromatic heterocycles. The number of anilines is 1. The maximum absolute atomic E-state index is 12.8. The second-order valence-corrected chi connectivity index (χ2v) is 8.65. The molecule has 2 aliphatic rings. The maximum Gasteiger partial charge on any atom is 0.379 e. The molecule has 0 fully saturated rings. The van der Waals surface area contributed by atoms with Gasteiger partial charge in [-0.1, -0.05) is 19.1 Å². The lowest BCUT2D eigenvalue weighted by atomic mass is 9.88. The van der Waals surface area contributed by atoms with E-state index in [0.717, 1.165) is 35.4 Å². The highest BCUT2D eigenvalue weighted by atomic mass is 32.1. The first-order valence-corrected chi connectivity index (χ1v) is 10.5. The van der Waals surface area contributed by atoms with Crippen LogP contribution in [0.5, 0.6) is 5.75 Å². The number of hydrogen-bond donors (Lipinski definition) is 2. The number of amides is 1. The summed E-state index contributed by atoms with van der Waals surface area (Å²) in [6, 6.07) is 10.3. The molecule has 0 unspecified atom stereocenters. The Morgan fingerprint density at radius 2 is 2.03 bits per heavy atom. The average molecular weight is 408 g/mol. The van der Waals surface area contributed by atoms with Crippen molar-refractivity contribution in [2.75, 3.05) is 5.32 Å². The maximum atomic E-state index is 12.8. The van der Waals surface area contributed by atoms with Crippen LogP contribution in [0.4, 0.5) is 5.00 Å². The summed E-state index contributed by atoms with van der Waals surface area (Å²) in [6.45, 7) is 2.26. The molecule has 0 saturated heterocycles. The highest BCUT2D eigenvalue weighted by Gasteiger charge is 2.33. The second-order valence-electron chi connectivity index (χ2n) is 7.54. The van der Waals surface area contributed by atoms with Crippen molar-refractivity contribution >= 4 is 28.2 Å². The van der Waals surface area contributed by atoms with E-state index >= 15 is 0 Å². The van der Waals surface area contributed by atoms with Gasteiger partial charge in [-0.15, -0.1) is 11.3 Å². The highest BCUT2D eigenvalue weighted by molar-refractivity contribution is 7.16. The molecule has 2 atom stereocenters. The fraction of sp³-hybridized carbons (Fsp3) is 0.273. The number of nitrogens with one attached hydrogen (secondary N) is 2. The Morgan fingerprint density at radius 1 is 1.21 bits per heavy atom. The van der Waals surface area contributed by atoms with Crippen LogP contribution in [-0.2, 0) is 12.8 Å². The molecule has 2 N–H and O–H groups in total. The third-order valence-electron chi connectivity index (χ3n) is 5.44. The SMILES string of the molecule is C[C@@H]1CCc2c(sc3c2C(=O)N[C@@H](c2ccc(OC(=O)c4ccco4)cc2)N3)C1. The summed E-state index contributed by atoms with van der Waals surface area (Å²) in [4.78, 5) is 26.1. The van der Waals surface area contributed by atoms with Crippen LogP contribution >= 0.6 is 11.3 Å². The molecule has 29 heavy (non-hydrogen) atoms. The minimum atomic E-state index is -0.546. The molecular formula is C22H20N2O4S. The van der Waals surface area contributed by atoms with Gasteiger partial charge >= 0.3 is 5.97 Å². The van der Waals surface area contributed by atoms with Crippen LogP contribution in [0, 0.1) is 5.92 Å². The van der Waals surface area contributed by atoms with Crippen LogP contribution in [0.3, 0.4) is 0 Å². The smallest absolute Gasteiger partial charge is 0.379 e. The normalized spacial score (nSPS) is 20.2. The number of hydrogen-bond acceptors (Lipinski definition) is 6. The number of rotatable bonds is 3. The van der Waals surface area contributed by atoms with Crippen molar-refractivity contribution < 1.29 is 18.7 Å². The topological polar surface area (TPSA) is 80.6 Å². The predicted octanol–water partition coefficient (Wildman–Crippen LogP) is 4.54. The molecule has 6 nitrogen and oxygen atoms in total. The Balaban J connectivity index is 1.33. The van der Waals surface area contributed by atoms with Gasteiger partial charge in [0.2, 0.25) is 5.76 Å². The summed E-state index contributed by atoms with van der Waals surface area (Å²) < 4.78 is 10.3. The number of carbonyl (C=O) groups is 2. The highest BCUT2D eigenvalue weighted by Crippen LogP contribution is 2.42. The summed E-state index contributed by atoms with van der Waals surface area (Å²) in [7, 11) is 0. The first-order chi connectivity index (χ1) is 14.1. The van der Waals surface area contributed by atoms with Crippen LogP contribution in [0.15, 0.2) is 47.1 Å². The molecule has 1 aliphatic carbocycles. The quantitative estimate of drug-likeness (QED) is 0.491. The van der Waals surface area contributed by atoms with Gasteiger partial charge in [0, 0.05) is 4.88 Å². The van der Waals surface area contributed by atoms with Crippen molar-refractivity contribution in [1.82, 2.24) is 5.32 Å². The number of benzene rings is 1. The minimum Gasteiger partial charge on any atom is -0.457 e. The lowest BCUT2D eigenvalue weighted by molar-refractivity contribution is 0.0701. The third-order valence-corrected chi connectivity index (χ3v) is 6.62. The Hall–Kier alpha value is -3.06. The van der Waals surface area contributed by atoms with Crippen LogP contribution in [0.2, 0.25) is 0 Å². The Labute approximate surface area is 171 Å².